The van der Waals surface area contributed by atoms with Crippen LogP contribution in [-0.4, -0.2) is 73.9 Å². The Balaban J connectivity index is 1.35. The zero-order chi connectivity index (χ0) is 28.9. The molecule has 0 heterocycles. The highest BCUT2D eigenvalue weighted by atomic mass is 16.5. The molecule has 5 heteroatoms. The Morgan fingerprint density at radius 3 is 2.23 bits per heavy atom. The van der Waals surface area contributed by atoms with Gasteiger partial charge < -0.3 is 19.6 Å². The Labute approximate surface area is 243 Å². The smallest absolute Gasteiger partial charge is 0.338 e. The number of hydrogen-bond acceptors (Lipinski definition) is 5. The molecule has 6 rings (SSSR count). The molecule has 0 amide bonds. The van der Waals surface area contributed by atoms with Gasteiger partial charge in [-0.25, -0.2) is 4.79 Å². The van der Waals surface area contributed by atoms with Crippen LogP contribution in [0.4, 0.5) is 0 Å². The molecule has 0 aromatic heterocycles. The van der Waals surface area contributed by atoms with Crippen LogP contribution in [0.1, 0.15) is 89.4 Å². The minimum atomic E-state index is -0.172. The lowest BCUT2D eigenvalue weighted by atomic mass is 9.41. The first-order chi connectivity index (χ1) is 18.8. The quantitative estimate of drug-likeness (QED) is 0.433. The predicted octanol–water partition coefficient (Wildman–Crippen LogP) is 6.11. The van der Waals surface area contributed by atoms with E-state index < -0.39 is 0 Å². The van der Waals surface area contributed by atoms with Gasteiger partial charge in [0.25, 0.3) is 0 Å². The number of fused-ring (bicyclic) bond motifs is 2. The van der Waals surface area contributed by atoms with Gasteiger partial charge in [0, 0.05) is 23.4 Å². The Morgan fingerprint density at radius 1 is 0.950 bits per heavy atom. The summed E-state index contributed by atoms with van der Waals surface area (Å²) in [6, 6.07) is 10.3. The molecule has 5 nitrogen and oxygen atoms in total. The topological polar surface area (TPSA) is 53.0 Å². The molecule has 11 atom stereocenters. The second kappa shape index (κ2) is 9.28. The molecule has 2 spiro atoms. The minimum absolute atomic E-state index is 0.0384. The van der Waals surface area contributed by atoms with Crippen LogP contribution in [0.3, 0.4) is 0 Å². The van der Waals surface area contributed by atoms with E-state index in [0.29, 0.717) is 46.2 Å². The number of ether oxygens (including phenoxy) is 1. The summed E-state index contributed by atoms with van der Waals surface area (Å²) >= 11 is 0. The van der Waals surface area contributed by atoms with Crippen LogP contribution in [-0.2, 0) is 4.74 Å². The van der Waals surface area contributed by atoms with Crippen molar-refractivity contribution in [2.24, 2.45) is 44.8 Å². The number of esters is 1. The number of rotatable bonds is 6. The zero-order valence-corrected chi connectivity index (χ0v) is 26.4. The number of aliphatic hydroxyl groups excluding tert-OH is 1. The summed E-state index contributed by atoms with van der Waals surface area (Å²) in [7, 11) is 8.78. The first kappa shape index (κ1) is 28.7. The molecule has 0 radical (unpaired) electrons. The minimum Gasteiger partial charge on any atom is -0.458 e. The first-order valence-electron chi connectivity index (χ1n) is 16.0. The average molecular weight is 551 g/mol. The molecule has 40 heavy (non-hydrogen) atoms. The fraction of sp³-hybridized carbons (Fsp3) is 0.800. The Kier molecular flexibility index (Phi) is 6.66. The van der Waals surface area contributed by atoms with Crippen molar-refractivity contribution in [1.29, 1.82) is 0 Å². The summed E-state index contributed by atoms with van der Waals surface area (Å²) < 4.78 is 6.52. The summed E-state index contributed by atoms with van der Waals surface area (Å²) in [5, 5.41) is 10.9. The maximum absolute atomic E-state index is 13.4. The van der Waals surface area contributed by atoms with E-state index in [9.17, 15) is 9.90 Å². The van der Waals surface area contributed by atoms with Gasteiger partial charge in [-0.3, -0.25) is 0 Å². The third-order valence-electron chi connectivity index (χ3n) is 14.5. The normalized spacial score (nSPS) is 48.1. The van der Waals surface area contributed by atoms with E-state index in [1.54, 1.807) is 0 Å². The fourth-order valence-corrected chi connectivity index (χ4v) is 12.4. The molecule has 0 saturated heterocycles. The number of nitrogens with zero attached hydrogens (tertiary/aromatic N) is 2. The van der Waals surface area contributed by atoms with Crippen LogP contribution < -0.4 is 0 Å². The van der Waals surface area contributed by atoms with Crippen molar-refractivity contribution in [2.45, 2.75) is 97.2 Å². The van der Waals surface area contributed by atoms with E-state index >= 15 is 0 Å². The van der Waals surface area contributed by atoms with E-state index in [4.69, 9.17) is 4.74 Å². The van der Waals surface area contributed by atoms with Crippen LogP contribution in [0.15, 0.2) is 30.3 Å². The molecular formula is C35H54N2O3. The van der Waals surface area contributed by atoms with Gasteiger partial charge in [-0.1, -0.05) is 39.0 Å². The lowest BCUT2D eigenvalue weighted by molar-refractivity contribution is -0.162. The van der Waals surface area contributed by atoms with E-state index in [-0.39, 0.29) is 34.9 Å². The van der Waals surface area contributed by atoms with E-state index in [0.717, 1.165) is 6.42 Å². The van der Waals surface area contributed by atoms with Crippen LogP contribution in [0, 0.1) is 44.8 Å². The summed E-state index contributed by atoms with van der Waals surface area (Å²) in [6.07, 6.45) is 9.72. The van der Waals surface area contributed by atoms with Crippen molar-refractivity contribution >= 4 is 5.97 Å². The third-order valence-corrected chi connectivity index (χ3v) is 14.5. The number of benzene rings is 1. The molecule has 5 aliphatic rings. The molecule has 5 saturated carbocycles. The summed E-state index contributed by atoms with van der Waals surface area (Å²) in [6.45, 7) is 10.2. The molecule has 0 aliphatic heterocycles. The van der Waals surface area contributed by atoms with Crippen molar-refractivity contribution < 1.29 is 14.6 Å². The molecule has 222 valence electrons. The number of aliphatic hydroxyl groups is 1. The Morgan fingerprint density at radius 2 is 1.60 bits per heavy atom. The van der Waals surface area contributed by atoms with Gasteiger partial charge >= 0.3 is 5.97 Å². The van der Waals surface area contributed by atoms with Gasteiger partial charge in [-0.2, -0.15) is 0 Å². The molecule has 1 N–H and O–H groups in total. The summed E-state index contributed by atoms with van der Waals surface area (Å²) in [5.74, 6) is 1.39. The third kappa shape index (κ3) is 3.52. The van der Waals surface area contributed by atoms with Crippen molar-refractivity contribution in [3.63, 3.8) is 0 Å². The molecule has 5 fully saturated rings. The van der Waals surface area contributed by atoms with Gasteiger partial charge in [0.1, 0.15) is 6.10 Å². The second-order valence-corrected chi connectivity index (χ2v) is 15.9. The number of hydrogen-bond donors (Lipinski definition) is 1. The van der Waals surface area contributed by atoms with Gasteiger partial charge in [0.05, 0.1) is 12.2 Å². The summed E-state index contributed by atoms with van der Waals surface area (Å²) in [4.78, 5) is 18.2. The molecule has 0 bridgehead atoms. The Bertz CT molecular complexity index is 1140. The van der Waals surface area contributed by atoms with Crippen LogP contribution >= 0.6 is 0 Å². The largest absolute Gasteiger partial charge is 0.458 e. The van der Waals surface area contributed by atoms with Crippen LogP contribution in [0.2, 0.25) is 0 Å². The van der Waals surface area contributed by atoms with Gasteiger partial charge in [-0.15, -0.1) is 0 Å². The highest BCUT2D eigenvalue weighted by Gasteiger charge is 2.83. The second-order valence-electron chi connectivity index (χ2n) is 15.9. The van der Waals surface area contributed by atoms with Gasteiger partial charge in [0.2, 0.25) is 0 Å². The molecule has 1 aromatic carbocycles. The average Bonchev–Trinajstić information content (AvgIpc) is 3.52. The number of carbonyl (C=O) groups excluding carboxylic acids is 1. The fourth-order valence-electron chi connectivity index (χ4n) is 12.4. The highest BCUT2D eigenvalue weighted by Crippen LogP contribution is 2.89. The Hall–Kier alpha value is -1.43. The van der Waals surface area contributed by atoms with Crippen molar-refractivity contribution in [3.05, 3.63) is 35.9 Å². The van der Waals surface area contributed by atoms with Gasteiger partial charge in [0.15, 0.2) is 0 Å². The monoisotopic (exact) mass is 550 g/mol. The van der Waals surface area contributed by atoms with E-state index in [1.807, 2.05) is 30.3 Å². The lowest BCUT2D eigenvalue weighted by Crippen LogP contribution is -2.61. The van der Waals surface area contributed by atoms with Crippen LogP contribution in [0.25, 0.3) is 0 Å². The molecule has 0 unspecified atom stereocenters. The van der Waals surface area contributed by atoms with Crippen molar-refractivity contribution in [1.82, 2.24) is 9.80 Å². The number of carbonyl (C=O) groups is 1. The lowest BCUT2D eigenvalue weighted by Gasteiger charge is -2.64. The standard InChI is InChI=1S/C35H54N2O3/c1-23(36(5)6)29-25(40-30(39)24-12-10-9-11-13-24)20-33(4)27-15-14-26-31(2,22-38)28(37(7)8)16-17-34(26)21-35(27,34)19-18-32(29,33)3/h9-13,23,25-29,38H,14-22H2,1-8H3/t23-,25+,26-,27-,28-,29-,31+,32+,33-,34+,35-/m0/s1. The molecular weight excluding hydrogens is 496 g/mol. The maximum atomic E-state index is 13.4. The molecule has 1 aromatic rings. The highest BCUT2D eigenvalue weighted by molar-refractivity contribution is 5.89. The van der Waals surface area contributed by atoms with Crippen LogP contribution in [0.5, 0.6) is 0 Å². The maximum Gasteiger partial charge on any atom is 0.338 e. The van der Waals surface area contributed by atoms with Crippen molar-refractivity contribution in [3.8, 4) is 0 Å². The van der Waals surface area contributed by atoms with Crippen molar-refractivity contribution in [2.75, 3.05) is 34.8 Å². The first-order valence-corrected chi connectivity index (χ1v) is 16.0. The zero-order valence-electron chi connectivity index (χ0n) is 26.4. The van der Waals surface area contributed by atoms with Gasteiger partial charge in [-0.05, 0) is 132 Å². The molecule has 5 aliphatic carbocycles. The van der Waals surface area contributed by atoms with E-state index in [1.165, 1.54) is 44.9 Å². The van der Waals surface area contributed by atoms with E-state index in [2.05, 4.69) is 65.7 Å². The predicted molar refractivity (Wildman–Crippen MR) is 160 cm³/mol. The SMILES string of the molecule is C[C@@H]([C@H]1[C@H](OC(=O)c2ccccc2)C[C@@]2(C)[C@@H]3CC[C@H]4[C@@](C)(CO)[C@@H](N(C)C)CC[C@@]45C[C@@]35CC[C@]12C)N(C)C. The summed E-state index contributed by atoms with van der Waals surface area (Å²) in [5.41, 5.74) is 1.64.